The second kappa shape index (κ2) is 6.71. The first kappa shape index (κ1) is 15.9. The minimum Gasteiger partial charge on any atom is -0.371 e. The van der Waals surface area contributed by atoms with Gasteiger partial charge in [-0.3, -0.25) is 14.5 Å². The van der Waals surface area contributed by atoms with Gasteiger partial charge in [0.05, 0.1) is 11.1 Å². The number of carbonyl (C=O) groups is 2. The Morgan fingerprint density at radius 3 is 2.16 bits per heavy atom. The molecule has 0 spiro atoms. The fourth-order valence-electron chi connectivity index (χ4n) is 3.83. The lowest BCUT2D eigenvalue weighted by molar-refractivity contribution is 0.0651. The van der Waals surface area contributed by atoms with E-state index in [-0.39, 0.29) is 11.8 Å². The lowest BCUT2D eigenvalue weighted by Crippen LogP contribution is -2.30. The summed E-state index contributed by atoms with van der Waals surface area (Å²) in [5.74, 6) is -0.289. The summed E-state index contributed by atoms with van der Waals surface area (Å²) >= 11 is 0. The van der Waals surface area contributed by atoms with Gasteiger partial charge in [0, 0.05) is 25.3 Å². The van der Waals surface area contributed by atoms with Gasteiger partial charge in [0.2, 0.25) is 0 Å². The maximum Gasteiger partial charge on any atom is 0.261 e. The molecule has 0 bridgehead atoms. The first-order valence-corrected chi connectivity index (χ1v) is 9.04. The third kappa shape index (κ3) is 2.93. The molecule has 0 aromatic heterocycles. The van der Waals surface area contributed by atoms with Crippen LogP contribution in [0.15, 0.2) is 48.5 Å². The van der Waals surface area contributed by atoms with E-state index in [9.17, 15) is 9.59 Å². The molecule has 4 rings (SSSR count). The summed E-state index contributed by atoms with van der Waals surface area (Å²) < 4.78 is 0. The molecular weight excluding hydrogens is 312 g/mol. The van der Waals surface area contributed by atoms with E-state index in [1.807, 2.05) is 0 Å². The number of nitrogens with zero attached hydrogens (tertiary/aromatic N) is 2. The standard InChI is InChI=1S/C21H22N2O2/c24-20-17-9-3-4-10-18(17)21(25)23(20)14-7-1-6-13-22-15-12-16-8-2-5-11-19(16)22/h2-5,8-11H,1,6-7,12-15H2. The van der Waals surface area contributed by atoms with Gasteiger partial charge in [-0.05, 0) is 49.4 Å². The van der Waals surface area contributed by atoms with Crippen LogP contribution in [0.4, 0.5) is 5.69 Å². The molecule has 4 heteroatoms. The Kier molecular flexibility index (Phi) is 4.26. The molecule has 2 aliphatic heterocycles. The SMILES string of the molecule is O=C1c2ccccc2C(=O)N1CCCCCN1CCc2ccccc21. The zero-order chi connectivity index (χ0) is 17.2. The van der Waals surface area contributed by atoms with Gasteiger partial charge in [0.1, 0.15) is 0 Å². The van der Waals surface area contributed by atoms with Crippen molar-refractivity contribution in [2.45, 2.75) is 25.7 Å². The zero-order valence-electron chi connectivity index (χ0n) is 14.3. The van der Waals surface area contributed by atoms with E-state index in [2.05, 4.69) is 29.2 Å². The van der Waals surface area contributed by atoms with Crippen LogP contribution in [-0.2, 0) is 6.42 Å². The predicted molar refractivity (Wildman–Crippen MR) is 98.0 cm³/mol. The third-order valence-electron chi connectivity index (χ3n) is 5.17. The van der Waals surface area contributed by atoms with Gasteiger partial charge in [0.25, 0.3) is 11.8 Å². The van der Waals surface area contributed by atoms with E-state index < -0.39 is 0 Å². The summed E-state index contributed by atoms with van der Waals surface area (Å²) in [6.07, 6.45) is 4.09. The first-order valence-electron chi connectivity index (χ1n) is 9.04. The maximum atomic E-state index is 12.3. The van der Waals surface area contributed by atoms with Crippen LogP contribution in [0.3, 0.4) is 0 Å². The average Bonchev–Trinajstić information content (AvgIpc) is 3.16. The van der Waals surface area contributed by atoms with E-state index in [1.165, 1.54) is 16.2 Å². The van der Waals surface area contributed by atoms with Crippen molar-refractivity contribution in [2.24, 2.45) is 0 Å². The average molecular weight is 334 g/mol. The number of fused-ring (bicyclic) bond motifs is 2. The number of benzene rings is 2. The summed E-state index contributed by atoms with van der Waals surface area (Å²) in [5.41, 5.74) is 3.89. The third-order valence-corrected chi connectivity index (χ3v) is 5.17. The summed E-state index contributed by atoms with van der Waals surface area (Å²) in [7, 11) is 0. The number of imide groups is 1. The monoisotopic (exact) mass is 334 g/mol. The number of rotatable bonds is 6. The number of hydrogen-bond acceptors (Lipinski definition) is 3. The largest absolute Gasteiger partial charge is 0.371 e. The smallest absolute Gasteiger partial charge is 0.261 e. The summed E-state index contributed by atoms with van der Waals surface area (Å²) in [6, 6.07) is 15.7. The lowest BCUT2D eigenvalue weighted by Gasteiger charge is -2.19. The molecule has 2 aromatic carbocycles. The molecular formula is C21H22N2O2. The summed E-state index contributed by atoms with van der Waals surface area (Å²) in [5, 5.41) is 0. The number of unbranched alkanes of at least 4 members (excludes halogenated alkanes) is 2. The number of carbonyl (C=O) groups excluding carboxylic acids is 2. The molecule has 2 heterocycles. The van der Waals surface area contributed by atoms with Gasteiger partial charge in [-0.15, -0.1) is 0 Å². The van der Waals surface area contributed by atoms with Gasteiger partial charge in [0.15, 0.2) is 0 Å². The minimum absolute atomic E-state index is 0.144. The Morgan fingerprint density at radius 2 is 1.40 bits per heavy atom. The van der Waals surface area contributed by atoms with E-state index in [4.69, 9.17) is 0 Å². The molecule has 2 aromatic rings. The van der Waals surface area contributed by atoms with Gasteiger partial charge in [-0.2, -0.15) is 0 Å². The quantitative estimate of drug-likeness (QED) is 0.599. The molecule has 0 N–H and O–H groups in total. The summed E-state index contributed by atoms with van der Waals surface area (Å²) in [4.78, 5) is 28.5. The molecule has 0 fully saturated rings. The second-order valence-electron chi connectivity index (χ2n) is 6.73. The van der Waals surface area contributed by atoms with E-state index in [0.717, 1.165) is 38.8 Å². The van der Waals surface area contributed by atoms with Crippen LogP contribution in [0.25, 0.3) is 0 Å². The molecule has 0 saturated carbocycles. The van der Waals surface area contributed by atoms with Crippen molar-refractivity contribution in [3.63, 3.8) is 0 Å². The Bertz CT molecular complexity index is 780. The van der Waals surface area contributed by atoms with Crippen molar-refractivity contribution in [3.8, 4) is 0 Å². The van der Waals surface area contributed by atoms with E-state index >= 15 is 0 Å². The zero-order valence-corrected chi connectivity index (χ0v) is 14.3. The van der Waals surface area contributed by atoms with Crippen molar-refractivity contribution in [3.05, 3.63) is 65.2 Å². The molecule has 0 radical (unpaired) electrons. The predicted octanol–water partition coefficient (Wildman–Crippen LogP) is 3.52. The van der Waals surface area contributed by atoms with Gasteiger partial charge < -0.3 is 4.90 Å². The molecule has 4 nitrogen and oxygen atoms in total. The van der Waals surface area contributed by atoms with Crippen molar-refractivity contribution in [1.82, 2.24) is 4.90 Å². The van der Waals surface area contributed by atoms with Crippen LogP contribution in [0.5, 0.6) is 0 Å². The van der Waals surface area contributed by atoms with Crippen LogP contribution in [-0.4, -0.2) is 36.3 Å². The van der Waals surface area contributed by atoms with E-state index in [1.54, 1.807) is 24.3 Å². The second-order valence-corrected chi connectivity index (χ2v) is 6.73. The van der Waals surface area contributed by atoms with Crippen molar-refractivity contribution < 1.29 is 9.59 Å². The maximum absolute atomic E-state index is 12.3. The van der Waals surface area contributed by atoms with Gasteiger partial charge >= 0.3 is 0 Å². The highest BCUT2D eigenvalue weighted by Crippen LogP contribution is 2.27. The summed E-state index contributed by atoms with van der Waals surface area (Å²) in [6.45, 7) is 2.65. The Balaban J connectivity index is 1.25. The van der Waals surface area contributed by atoms with Crippen LogP contribution in [0, 0.1) is 0 Å². The lowest BCUT2D eigenvalue weighted by atomic mass is 10.1. The van der Waals surface area contributed by atoms with Gasteiger partial charge in [-0.25, -0.2) is 0 Å². The van der Waals surface area contributed by atoms with Crippen molar-refractivity contribution >= 4 is 17.5 Å². The minimum atomic E-state index is -0.144. The molecule has 0 unspecified atom stereocenters. The Hall–Kier alpha value is -2.62. The fourth-order valence-corrected chi connectivity index (χ4v) is 3.83. The molecule has 2 amide bonds. The normalized spacial score (nSPS) is 15.7. The van der Waals surface area contributed by atoms with Crippen LogP contribution < -0.4 is 4.90 Å². The fraction of sp³-hybridized carbons (Fsp3) is 0.333. The van der Waals surface area contributed by atoms with Crippen molar-refractivity contribution in [2.75, 3.05) is 24.5 Å². The van der Waals surface area contributed by atoms with E-state index in [0.29, 0.717) is 17.7 Å². The highest BCUT2D eigenvalue weighted by Gasteiger charge is 2.34. The highest BCUT2D eigenvalue weighted by atomic mass is 16.2. The van der Waals surface area contributed by atoms with Crippen LogP contribution in [0.2, 0.25) is 0 Å². The molecule has 2 aliphatic rings. The number of para-hydroxylation sites is 1. The molecule has 0 atom stereocenters. The van der Waals surface area contributed by atoms with Crippen LogP contribution >= 0.6 is 0 Å². The topological polar surface area (TPSA) is 40.6 Å². The van der Waals surface area contributed by atoms with Crippen LogP contribution in [0.1, 0.15) is 45.5 Å². The Morgan fingerprint density at radius 1 is 0.760 bits per heavy atom. The number of amides is 2. The molecule has 0 aliphatic carbocycles. The number of anilines is 1. The van der Waals surface area contributed by atoms with Gasteiger partial charge in [-0.1, -0.05) is 30.3 Å². The highest BCUT2D eigenvalue weighted by molar-refractivity contribution is 6.21. The Labute approximate surface area is 148 Å². The molecule has 0 saturated heterocycles. The van der Waals surface area contributed by atoms with Crippen molar-refractivity contribution in [1.29, 1.82) is 0 Å². The molecule has 128 valence electrons. The number of hydrogen-bond donors (Lipinski definition) is 0. The molecule has 25 heavy (non-hydrogen) atoms. The first-order chi connectivity index (χ1) is 12.3.